The Hall–Kier alpha value is -0.740. The van der Waals surface area contributed by atoms with E-state index < -0.39 is 9.84 Å². The maximum absolute atomic E-state index is 11.5. The Morgan fingerprint density at radius 1 is 1.35 bits per heavy atom. The molecule has 3 nitrogen and oxygen atoms in total. The molecule has 0 bridgehead atoms. The minimum Gasteiger partial charge on any atom is -0.382 e. The summed E-state index contributed by atoms with van der Waals surface area (Å²) >= 11 is 6.22. The van der Waals surface area contributed by atoms with Crippen LogP contribution in [0.4, 0.5) is 5.69 Å². The number of halogens is 1. The van der Waals surface area contributed by atoms with E-state index in [1.165, 1.54) is 0 Å². The van der Waals surface area contributed by atoms with Crippen LogP contribution < -0.4 is 5.32 Å². The van der Waals surface area contributed by atoms with Crippen LogP contribution >= 0.6 is 11.6 Å². The van der Waals surface area contributed by atoms with Gasteiger partial charge in [-0.3, -0.25) is 0 Å². The van der Waals surface area contributed by atoms with Crippen molar-refractivity contribution in [2.24, 2.45) is 5.92 Å². The Morgan fingerprint density at radius 2 is 2.00 bits per heavy atom. The summed E-state index contributed by atoms with van der Waals surface area (Å²) in [6.07, 6.45) is 2.42. The van der Waals surface area contributed by atoms with Crippen molar-refractivity contribution in [2.45, 2.75) is 39.2 Å². The molecule has 1 aliphatic heterocycles. The second-order valence-electron chi connectivity index (χ2n) is 5.58. The van der Waals surface area contributed by atoms with Gasteiger partial charge in [0.2, 0.25) is 0 Å². The van der Waals surface area contributed by atoms with E-state index in [1.807, 2.05) is 18.2 Å². The highest BCUT2D eigenvalue weighted by molar-refractivity contribution is 7.91. The fourth-order valence-corrected chi connectivity index (χ4v) is 4.55. The highest BCUT2D eigenvalue weighted by Crippen LogP contribution is 2.26. The zero-order valence-electron chi connectivity index (χ0n) is 12.0. The van der Waals surface area contributed by atoms with Gasteiger partial charge in [-0.15, -0.1) is 0 Å². The normalized spacial score (nSPS) is 20.6. The molecule has 1 atom stereocenters. The van der Waals surface area contributed by atoms with E-state index in [0.717, 1.165) is 35.5 Å². The summed E-state index contributed by atoms with van der Waals surface area (Å²) in [5, 5.41) is 4.24. The van der Waals surface area contributed by atoms with E-state index in [9.17, 15) is 8.42 Å². The molecule has 1 N–H and O–H groups in total. The molecule has 1 saturated heterocycles. The van der Waals surface area contributed by atoms with E-state index in [0.29, 0.717) is 17.4 Å². The van der Waals surface area contributed by atoms with Crippen LogP contribution in [-0.2, 0) is 16.3 Å². The first-order chi connectivity index (χ1) is 9.41. The van der Waals surface area contributed by atoms with Gasteiger partial charge in [-0.1, -0.05) is 24.6 Å². The fourth-order valence-electron chi connectivity index (χ4n) is 2.71. The van der Waals surface area contributed by atoms with Gasteiger partial charge in [0, 0.05) is 16.8 Å². The molecule has 0 radical (unpaired) electrons. The quantitative estimate of drug-likeness (QED) is 0.924. The highest BCUT2D eigenvalue weighted by Gasteiger charge is 2.27. The van der Waals surface area contributed by atoms with Crippen LogP contribution in [0.15, 0.2) is 18.2 Å². The molecule has 1 fully saturated rings. The van der Waals surface area contributed by atoms with Gasteiger partial charge in [0.05, 0.1) is 11.5 Å². The lowest BCUT2D eigenvalue weighted by Crippen LogP contribution is -2.33. The number of anilines is 1. The van der Waals surface area contributed by atoms with Gasteiger partial charge >= 0.3 is 0 Å². The topological polar surface area (TPSA) is 46.2 Å². The molecule has 1 unspecified atom stereocenters. The SMILES string of the molecule is CCc1ccc(NC(C)C2CCS(=O)(=O)CC2)cc1Cl. The number of hydrogen-bond donors (Lipinski definition) is 1. The van der Waals surface area contributed by atoms with Gasteiger partial charge in [-0.05, 0) is 49.8 Å². The van der Waals surface area contributed by atoms with E-state index in [-0.39, 0.29) is 6.04 Å². The molecule has 0 aliphatic carbocycles. The van der Waals surface area contributed by atoms with Crippen molar-refractivity contribution in [2.75, 3.05) is 16.8 Å². The van der Waals surface area contributed by atoms with Crippen molar-refractivity contribution in [1.82, 2.24) is 0 Å². The largest absolute Gasteiger partial charge is 0.382 e. The molecule has 1 aromatic rings. The average Bonchev–Trinajstić information content (AvgIpc) is 2.38. The lowest BCUT2D eigenvalue weighted by Gasteiger charge is -2.29. The number of hydrogen-bond acceptors (Lipinski definition) is 3. The smallest absolute Gasteiger partial charge is 0.150 e. The summed E-state index contributed by atoms with van der Waals surface area (Å²) in [4.78, 5) is 0. The zero-order valence-corrected chi connectivity index (χ0v) is 13.6. The van der Waals surface area contributed by atoms with Gasteiger partial charge < -0.3 is 5.32 Å². The molecule has 112 valence electrons. The third kappa shape index (κ3) is 3.89. The molecule has 5 heteroatoms. The molecular formula is C15H22ClNO2S. The van der Waals surface area contributed by atoms with Crippen LogP contribution in [0.3, 0.4) is 0 Å². The number of benzene rings is 1. The minimum absolute atomic E-state index is 0.258. The first kappa shape index (κ1) is 15.6. The Labute approximate surface area is 126 Å². The van der Waals surface area contributed by atoms with Gasteiger partial charge in [0.25, 0.3) is 0 Å². The Balaban J connectivity index is 1.98. The van der Waals surface area contributed by atoms with Crippen LogP contribution in [0.25, 0.3) is 0 Å². The molecule has 0 saturated carbocycles. The van der Waals surface area contributed by atoms with Gasteiger partial charge in [-0.2, -0.15) is 0 Å². The van der Waals surface area contributed by atoms with E-state index in [4.69, 9.17) is 11.6 Å². The van der Waals surface area contributed by atoms with E-state index in [2.05, 4.69) is 19.2 Å². The first-order valence-corrected chi connectivity index (χ1v) is 9.36. The zero-order chi connectivity index (χ0) is 14.8. The number of aryl methyl sites for hydroxylation is 1. The molecule has 0 aromatic heterocycles. The van der Waals surface area contributed by atoms with Crippen LogP contribution in [0.1, 0.15) is 32.3 Å². The number of nitrogens with one attached hydrogen (secondary N) is 1. The van der Waals surface area contributed by atoms with Gasteiger partial charge in [0.1, 0.15) is 9.84 Å². The summed E-state index contributed by atoms with van der Waals surface area (Å²) in [6.45, 7) is 4.20. The number of rotatable bonds is 4. The minimum atomic E-state index is -2.79. The predicted octanol–water partition coefficient (Wildman–Crippen LogP) is 3.53. The molecule has 1 aliphatic rings. The summed E-state index contributed by atoms with van der Waals surface area (Å²) in [5.74, 6) is 1.04. The lowest BCUT2D eigenvalue weighted by molar-refractivity contribution is 0.420. The van der Waals surface area contributed by atoms with E-state index in [1.54, 1.807) is 0 Å². The molecule has 0 amide bonds. The van der Waals surface area contributed by atoms with Crippen molar-refractivity contribution >= 4 is 27.1 Å². The molecule has 0 spiro atoms. The summed E-state index contributed by atoms with van der Waals surface area (Å²) in [7, 11) is -2.79. The van der Waals surface area contributed by atoms with Gasteiger partial charge in [-0.25, -0.2) is 8.42 Å². The lowest BCUT2D eigenvalue weighted by atomic mass is 9.94. The molecule has 1 aromatic carbocycles. The summed E-state index contributed by atoms with van der Waals surface area (Å²) in [6, 6.07) is 6.30. The monoisotopic (exact) mass is 315 g/mol. The van der Waals surface area contributed by atoms with Crippen molar-refractivity contribution in [3.05, 3.63) is 28.8 Å². The molecule has 1 heterocycles. The maximum Gasteiger partial charge on any atom is 0.150 e. The maximum atomic E-state index is 11.5. The van der Waals surface area contributed by atoms with Crippen molar-refractivity contribution in [3.8, 4) is 0 Å². The fraction of sp³-hybridized carbons (Fsp3) is 0.600. The van der Waals surface area contributed by atoms with Crippen molar-refractivity contribution < 1.29 is 8.42 Å². The van der Waals surface area contributed by atoms with Crippen molar-refractivity contribution in [3.63, 3.8) is 0 Å². The van der Waals surface area contributed by atoms with E-state index >= 15 is 0 Å². The second kappa shape index (κ2) is 6.35. The molecule has 20 heavy (non-hydrogen) atoms. The average molecular weight is 316 g/mol. The Kier molecular flexibility index (Phi) is 4.97. The summed E-state index contributed by atoms with van der Waals surface area (Å²) in [5.41, 5.74) is 2.15. The predicted molar refractivity (Wildman–Crippen MR) is 85.3 cm³/mol. The molecule has 2 rings (SSSR count). The first-order valence-electron chi connectivity index (χ1n) is 7.16. The Bertz CT molecular complexity index is 557. The molecular weight excluding hydrogens is 294 g/mol. The van der Waals surface area contributed by atoms with Crippen LogP contribution in [0, 0.1) is 5.92 Å². The second-order valence-corrected chi connectivity index (χ2v) is 8.29. The standard InChI is InChI=1S/C15H22ClNO2S/c1-3-12-4-5-14(10-15(12)16)17-11(2)13-6-8-20(18,19)9-7-13/h4-5,10-11,13,17H,3,6-9H2,1-2H3. The number of sulfone groups is 1. The highest BCUT2D eigenvalue weighted by atomic mass is 35.5. The van der Waals surface area contributed by atoms with Crippen molar-refractivity contribution in [1.29, 1.82) is 0 Å². The third-order valence-electron chi connectivity index (χ3n) is 4.13. The van der Waals surface area contributed by atoms with Crippen LogP contribution in [0.2, 0.25) is 5.02 Å². The summed E-state index contributed by atoms with van der Waals surface area (Å²) < 4.78 is 22.9. The Morgan fingerprint density at radius 3 is 2.55 bits per heavy atom. The third-order valence-corrected chi connectivity index (χ3v) is 6.20. The van der Waals surface area contributed by atoms with Crippen LogP contribution in [0.5, 0.6) is 0 Å². The van der Waals surface area contributed by atoms with Crippen LogP contribution in [-0.4, -0.2) is 26.0 Å². The van der Waals surface area contributed by atoms with Gasteiger partial charge in [0.15, 0.2) is 0 Å².